The van der Waals surface area contributed by atoms with Crippen molar-refractivity contribution in [2.75, 3.05) is 5.88 Å². The van der Waals surface area contributed by atoms with E-state index in [-0.39, 0.29) is 5.97 Å². The summed E-state index contributed by atoms with van der Waals surface area (Å²) in [5.41, 5.74) is 0. The number of carbonyl (C=O) groups is 1. The largest absolute Gasteiger partial charge is 0.520 e. The molecule has 0 fully saturated rings. The van der Waals surface area contributed by atoms with E-state index in [4.69, 9.17) is 16.0 Å². The first-order valence-corrected chi connectivity index (χ1v) is 10.4. The molecular formula is C13H27ClO2Si. The molecule has 4 heteroatoms. The Morgan fingerprint density at radius 2 is 1.76 bits per heavy atom. The summed E-state index contributed by atoms with van der Waals surface area (Å²) in [5.74, 6) is 0.651. The lowest BCUT2D eigenvalue weighted by atomic mass is 10.1. The molecule has 0 aromatic rings. The molecule has 0 saturated carbocycles. The summed E-state index contributed by atoms with van der Waals surface area (Å²) < 4.78 is 5.59. The van der Waals surface area contributed by atoms with Crippen LogP contribution in [-0.2, 0) is 9.22 Å². The van der Waals surface area contributed by atoms with Gasteiger partial charge < -0.3 is 4.43 Å². The molecule has 2 nitrogen and oxygen atoms in total. The van der Waals surface area contributed by atoms with E-state index >= 15 is 0 Å². The van der Waals surface area contributed by atoms with Crippen molar-refractivity contribution >= 4 is 25.9 Å². The van der Waals surface area contributed by atoms with Gasteiger partial charge in [-0.25, -0.2) is 0 Å². The maximum atomic E-state index is 11.6. The van der Waals surface area contributed by atoms with Crippen molar-refractivity contribution in [3.8, 4) is 0 Å². The van der Waals surface area contributed by atoms with E-state index in [0.717, 1.165) is 25.3 Å². The molecular weight excluding hydrogens is 252 g/mol. The number of carbonyl (C=O) groups excluding carboxylic acids is 1. The van der Waals surface area contributed by atoms with Crippen LogP contribution in [0.5, 0.6) is 0 Å². The molecule has 0 amide bonds. The van der Waals surface area contributed by atoms with E-state index in [9.17, 15) is 4.79 Å². The highest BCUT2D eigenvalue weighted by molar-refractivity contribution is 6.72. The molecule has 0 radical (unpaired) electrons. The summed E-state index contributed by atoms with van der Waals surface area (Å²) in [6, 6.07) is 0.970. The van der Waals surface area contributed by atoms with Crippen molar-refractivity contribution in [2.45, 2.75) is 71.0 Å². The van der Waals surface area contributed by atoms with Crippen molar-refractivity contribution in [3.05, 3.63) is 0 Å². The summed E-state index contributed by atoms with van der Waals surface area (Å²) >= 11 is 5.66. The summed E-state index contributed by atoms with van der Waals surface area (Å²) in [7, 11) is -1.80. The van der Waals surface area contributed by atoms with Crippen LogP contribution in [0.4, 0.5) is 0 Å². The van der Waals surface area contributed by atoms with Crippen molar-refractivity contribution in [3.63, 3.8) is 0 Å². The molecule has 17 heavy (non-hydrogen) atoms. The van der Waals surface area contributed by atoms with Crippen molar-refractivity contribution < 1.29 is 9.22 Å². The molecule has 102 valence electrons. The second kappa shape index (κ2) is 9.95. The van der Waals surface area contributed by atoms with Gasteiger partial charge in [0.25, 0.3) is 5.97 Å². The Bertz CT molecular complexity index is 208. The Morgan fingerprint density at radius 1 is 1.12 bits per heavy atom. The summed E-state index contributed by atoms with van der Waals surface area (Å²) in [6.45, 7) is 6.38. The Labute approximate surface area is 112 Å². The van der Waals surface area contributed by atoms with E-state index in [2.05, 4.69) is 20.0 Å². The average Bonchev–Trinajstić information content (AvgIpc) is 2.25. The fourth-order valence-corrected chi connectivity index (χ4v) is 3.98. The zero-order valence-electron chi connectivity index (χ0n) is 11.6. The van der Waals surface area contributed by atoms with Gasteiger partial charge >= 0.3 is 0 Å². The second-order valence-electron chi connectivity index (χ2n) is 5.19. The molecule has 0 heterocycles. The van der Waals surface area contributed by atoms with Gasteiger partial charge in [0.05, 0.1) is 0 Å². The quantitative estimate of drug-likeness (QED) is 0.328. The normalized spacial score (nSPS) is 11.5. The molecule has 0 bridgehead atoms. The molecule has 0 saturated heterocycles. The van der Waals surface area contributed by atoms with Crippen LogP contribution in [0.3, 0.4) is 0 Å². The zero-order chi connectivity index (χ0) is 13.1. The van der Waals surface area contributed by atoms with Gasteiger partial charge in [0.1, 0.15) is 0 Å². The molecule has 0 aliphatic carbocycles. The monoisotopic (exact) mass is 278 g/mol. The Balaban J connectivity index is 3.62. The van der Waals surface area contributed by atoms with Crippen molar-refractivity contribution in [2.24, 2.45) is 0 Å². The fourth-order valence-electron chi connectivity index (χ4n) is 1.78. The van der Waals surface area contributed by atoms with Gasteiger partial charge in [-0.1, -0.05) is 32.6 Å². The minimum atomic E-state index is -1.80. The van der Waals surface area contributed by atoms with Gasteiger partial charge in [-0.3, -0.25) is 4.79 Å². The fraction of sp³-hybridized carbons (Fsp3) is 0.923. The first-order chi connectivity index (χ1) is 8.02. The van der Waals surface area contributed by atoms with Gasteiger partial charge in [0.2, 0.25) is 8.32 Å². The van der Waals surface area contributed by atoms with Crippen LogP contribution in [0.15, 0.2) is 0 Å². The van der Waals surface area contributed by atoms with Crippen LogP contribution in [0, 0.1) is 0 Å². The lowest BCUT2D eigenvalue weighted by Crippen LogP contribution is -2.33. The van der Waals surface area contributed by atoms with Gasteiger partial charge in [0.15, 0.2) is 0 Å². The predicted octanol–water partition coefficient (Wildman–Crippen LogP) is 4.72. The van der Waals surface area contributed by atoms with Gasteiger partial charge in [0, 0.05) is 12.3 Å². The first kappa shape index (κ1) is 17.0. The Morgan fingerprint density at radius 3 is 2.35 bits per heavy atom. The number of hydrogen-bond donors (Lipinski definition) is 0. The van der Waals surface area contributed by atoms with Gasteiger partial charge in [-0.15, -0.1) is 11.6 Å². The smallest absolute Gasteiger partial charge is 0.292 e. The topological polar surface area (TPSA) is 26.3 Å². The highest BCUT2D eigenvalue weighted by atomic mass is 35.5. The highest BCUT2D eigenvalue weighted by Crippen LogP contribution is 2.16. The number of halogens is 1. The van der Waals surface area contributed by atoms with Crippen LogP contribution in [0.2, 0.25) is 19.1 Å². The molecule has 0 aliphatic heterocycles. The molecule has 0 unspecified atom stereocenters. The van der Waals surface area contributed by atoms with Crippen molar-refractivity contribution in [1.29, 1.82) is 0 Å². The van der Waals surface area contributed by atoms with E-state index < -0.39 is 8.32 Å². The first-order valence-electron chi connectivity index (χ1n) is 6.79. The molecule has 0 atom stereocenters. The lowest BCUT2D eigenvalue weighted by Gasteiger charge is -2.22. The summed E-state index contributed by atoms with van der Waals surface area (Å²) in [6.07, 6.45) is 7.39. The van der Waals surface area contributed by atoms with E-state index in [1.165, 1.54) is 19.3 Å². The molecule has 0 rings (SSSR count). The number of hydrogen-bond acceptors (Lipinski definition) is 2. The van der Waals surface area contributed by atoms with Gasteiger partial charge in [-0.2, -0.15) is 0 Å². The maximum Gasteiger partial charge on any atom is 0.292 e. The molecule has 0 aromatic carbocycles. The molecule has 0 N–H and O–H groups in total. The average molecular weight is 279 g/mol. The van der Waals surface area contributed by atoms with E-state index in [1.54, 1.807) is 0 Å². The summed E-state index contributed by atoms with van der Waals surface area (Å²) in [4.78, 5) is 11.6. The third-order valence-corrected chi connectivity index (χ3v) is 5.39. The minimum Gasteiger partial charge on any atom is -0.520 e. The van der Waals surface area contributed by atoms with Crippen LogP contribution >= 0.6 is 11.6 Å². The molecule has 0 spiro atoms. The molecule has 0 aliphatic rings. The predicted molar refractivity (Wildman–Crippen MR) is 77.1 cm³/mol. The zero-order valence-corrected chi connectivity index (χ0v) is 13.3. The maximum absolute atomic E-state index is 11.6. The summed E-state index contributed by atoms with van der Waals surface area (Å²) in [5, 5.41) is 0. The van der Waals surface area contributed by atoms with Gasteiger partial charge in [-0.05, 0) is 32.0 Å². The SMILES string of the molecule is CCCCCCCC(=O)O[Si](C)(C)CCCCl. The Hall–Kier alpha value is -0.0231. The van der Waals surface area contributed by atoms with E-state index in [0.29, 0.717) is 12.3 Å². The van der Waals surface area contributed by atoms with Crippen molar-refractivity contribution in [1.82, 2.24) is 0 Å². The molecule has 0 aromatic heterocycles. The highest BCUT2D eigenvalue weighted by Gasteiger charge is 2.25. The minimum absolute atomic E-state index is 0.00672. The number of rotatable bonds is 10. The lowest BCUT2D eigenvalue weighted by molar-refractivity contribution is -0.135. The van der Waals surface area contributed by atoms with Crippen LogP contribution < -0.4 is 0 Å². The standard InChI is InChI=1S/C13H27ClO2Si/c1-4-5-6-7-8-10-13(15)16-17(2,3)12-9-11-14/h4-12H2,1-3H3. The van der Waals surface area contributed by atoms with Crippen LogP contribution in [-0.4, -0.2) is 20.2 Å². The number of unbranched alkanes of at least 4 members (excludes halogenated alkanes) is 4. The third kappa shape index (κ3) is 10.8. The van der Waals surface area contributed by atoms with Crippen LogP contribution in [0.25, 0.3) is 0 Å². The third-order valence-electron chi connectivity index (χ3n) is 2.79. The Kier molecular flexibility index (Phi) is 9.94. The second-order valence-corrected chi connectivity index (χ2v) is 9.79. The van der Waals surface area contributed by atoms with E-state index in [1.807, 2.05) is 0 Å². The van der Waals surface area contributed by atoms with Crippen LogP contribution in [0.1, 0.15) is 51.9 Å². The number of alkyl halides is 1.